The first kappa shape index (κ1) is 18.5. The summed E-state index contributed by atoms with van der Waals surface area (Å²) in [5.74, 6) is -0.395. The highest BCUT2D eigenvalue weighted by atomic mass is 31.2. The van der Waals surface area contributed by atoms with Crippen LogP contribution in [0, 0.1) is 13.8 Å². The van der Waals surface area contributed by atoms with Gasteiger partial charge < -0.3 is 4.52 Å². The van der Waals surface area contributed by atoms with E-state index >= 15 is 0 Å². The number of rotatable bonds is 7. The average Bonchev–Trinajstić information content (AvgIpc) is 2.56. The van der Waals surface area contributed by atoms with Gasteiger partial charge in [-0.1, -0.05) is 55.2 Å². The molecule has 0 aliphatic carbocycles. The Morgan fingerprint density at radius 2 is 1.33 bits per heavy atom. The molecule has 0 fully saturated rings. The molecule has 0 amide bonds. The first-order chi connectivity index (χ1) is 11.5. The minimum atomic E-state index is -3.42. The third kappa shape index (κ3) is 4.58. The monoisotopic (exact) mass is 344 g/mol. The molecule has 2 aromatic carbocycles. The molecular formula is C20H25O3P. The maximum atomic E-state index is 13.6. The van der Waals surface area contributed by atoms with Gasteiger partial charge in [-0.05, 0) is 44.5 Å². The van der Waals surface area contributed by atoms with Gasteiger partial charge in [0.25, 0.3) is 0 Å². The van der Waals surface area contributed by atoms with Gasteiger partial charge in [0.2, 0.25) is 0 Å². The highest BCUT2D eigenvalue weighted by Gasteiger charge is 2.32. The predicted octanol–water partition coefficient (Wildman–Crippen LogP) is 4.66. The highest BCUT2D eigenvalue weighted by molar-refractivity contribution is 7.74. The fraction of sp³-hybridized carbons (Fsp3) is 0.350. The van der Waals surface area contributed by atoms with Crippen molar-refractivity contribution in [1.82, 2.24) is 0 Å². The van der Waals surface area contributed by atoms with Crippen LogP contribution in [0.2, 0.25) is 0 Å². The molecule has 128 valence electrons. The quantitative estimate of drug-likeness (QED) is 0.542. The van der Waals surface area contributed by atoms with Crippen LogP contribution in [0.1, 0.15) is 43.7 Å². The van der Waals surface area contributed by atoms with E-state index in [1.165, 1.54) is 0 Å². The van der Waals surface area contributed by atoms with E-state index in [1.807, 2.05) is 38.1 Å². The number of carbonyl (C=O) groups excluding carboxylic acids is 1. The Kier molecular flexibility index (Phi) is 6.39. The number of benzene rings is 2. The summed E-state index contributed by atoms with van der Waals surface area (Å²) in [5.41, 5.74) is 2.15. The van der Waals surface area contributed by atoms with Gasteiger partial charge in [0.15, 0.2) is 0 Å². The molecule has 4 heteroatoms. The van der Waals surface area contributed by atoms with Crippen molar-refractivity contribution in [2.75, 3.05) is 0 Å². The van der Waals surface area contributed by atoms with Crippen LogP contribution in [0.3, 0.4) is 0 Å². The zero-order valence-corrected chi connectivity index (χ0v) is 15.5. The van der Waals surface area contributed by atoms with E-state index in [9.17, 15) is 9.36 Å². The molecule has 0 aliphatic heterocycles. The van der Waals surface area contributed by atoms with Gasteiger partial charge in [0, 0.05) is 6.42 Å². The van der Waals surface area contributed by atoms with Crippen LogP contribution in [0.25, 0.3) is 0 Å². The molecule has 0 bridgehead atoms. The zero-order chi connectivity index (χ0) is 17.6. The molecule has 3 nitrogen and oxygen atoms in total. The van der Waals surface area contributed by atoms with Crippen LogP contribution in [0.15, 0.2) is 48.5 Å². The average molecular weight is 344 g/mol. The lowest BCUT2D eigenvalue weighted by molar-refractivity contribution is -0.134. The molecule has 0 N–H and O–H groups in total. The standard InChI is InChI=1S/C20H25O3P/c1-4-5-6-7-20(21)23-24(22,18-12-8-16(2)9-13-18)19-14-10-17(3)11-15-19/h8-15H,4-7H2,1-3H3. The second-order valence-corrected chi connectivity index (χ2v) is 8.46. The van der Waals surface area contributed by atoms with E-state index in [0.717, 1.165) is 30.4 Å². The topological polar surface area (TPSA) is 43.4 Å². The minimum absolute atomic E-state index is 0.301. The van der Waals surface area contributed by atoms with Crippen LogP contribution >= 0.6 is 7.37 Å². The van der Waals surface area contributed by atoms with Crippen molar-refractivity contribution in [2.45, 2.75) is 46.5 Å². The molecule has 2 rings (SSSR count). The van der Waals surface area contributed by atoms with E-state index in [-0.39, 0.29) is 0 Å². The Labute approximate surface area is 144 Å². The van der Waals surface area contributed by atoms with Crippen molar-refractivity contribution in [3.8, 4) is 0 Å². The van der Waals surface area contributed by atoms with Crippen molar-refractivity contribution in [3.63, 3.8) is 0 Å². The highest BCUT2D eigenvalue weighted by Crippen LogP contribution is 2.45. The Balaban J connectivity index is 2.34. The largest absolute Gasteiger partial charge is 0.405 e. The Bertz CT molecular complexity index is 668. The summed E-state index contributed by atoms with van der Waals surface area (Å²) < 4.78 is 19.2. The van der Waals surface area contributed by atoms with Crippen LogP contribution < -0.4 is 10.6 Å². The molecule has 0 aliphatic rings. The third-order valence-corrected chi connectivity index (χ3v) is 6.38. The first-order valence-electron chi connectivity index (χ1n) is 8.42. The summed E-state index contributed by atoms with van der Waals surface area (Å²) >= 11 is 0. The maximum absolute atomic E-state index is 13.6. The van der Waals surface area contributed by atoms with Gasteiger partial charge in [0.05, 0.1) is 10.6 Å². The summed E-state index contributed by atoms with van der Waals surface area (Å²) in [6.45, 7) is 6.02. The van der Waals surface area contributed by atoms with Gasteiger partial charge in [-0.15, -0.1) is 0 Å². The van der Waals surface area contributed by atoms with Gasteiger partial charge in [-0.25, -0.2) is 0 Å². The first-order valence-corrected chi connectivity index (χ1v) is 10.0. The van der Waals surface area contributed by atoms with Gasteiger partial charge in [0.1, 0.15) is 0 Å². The Morgan fingerprint density at radius 3 is 1.75 bits per heavy atom. The third-order valence-electron chi connectivity index (χ3n) is 3.96. The molecule has 0 atom stereocenters. The molecule has 24 heavy (non-hydrogen) atoms. The fourth-order valence-corrected chi connectivity index (χ4v) is 4.42. The molecule has 0 saturated heterocycles. The number of aryl methyl sites for hydroxylation is 2. The van der Waals surface area contributed by atoms with Crippen LogP contribution in [0.4, 0.5) is 0 Å². The van der Waals surface area contributed by atoms with E-state index in [1.54, 1.807) is 24.3 Å². The zero-order valence-electron chi connectivity index (χ0n) is 14.6. The van der Waals surface area contributed by atoms with Crippen LogP contribution in [0.5, 0.6) is 0 Å². The van der Waals surface area contributed by atoms with E-state index < -0.39 is 13.3 Å². The lowest BCUT2D eigenvalue weighted by Crippen LogP contribution is -2.21. The van der Waals surface area contributed by atoms with Crippen LogP contribution in [-0.4, -0.2) is 5.97 Å². The lowest BCUT2D eigenvalue weighted by Gasteiger charge is -2.19. The molecule has 2 aromatic rings. The second kappa shape index (κ2) is 8.30. The second-order valence-electron chi connectivity index (χ2n) is 6.14. The molecule has 0 radical (unpaired) electrons. The SMILES string of the molecule is CCCCCC(=O)OP(=O)(c1ccc(C)cc1)c1ccc(C)cc1. The van der Waals surface area contributed by atoms with Gasteiger partial charge in [-0.3, -0.25) is 9.36 Å². The number of hydrogen-bond acceptors (Lipinski definition) is 3. The summed E-state index contributed by atoms with van der Waals surface area (Å²) in [6.07, 6.45) is 3.06. The smallest absolute Gasteiger partial charge is 0.311 e. The van der Waals surface area contributed by atoms with Crippen LogP contribution in [-0.2, 0) is 13.9 Å². The summed E-state index contributed by atoms with van der Waals surface area (Å²) in [5, 5.41) is 1.11. The predicted molar refractivity (Wildman–Crippen MR) is 99.5 cm³/mol. The summed E-state index contributed by atoms with van der Waals surface area (Å²) in [4.78, 5) is 12.2. The van der Waals surface area contributed by atoms with Crippen molar-refractivity contribution >= 4 is 23.9 Å². The molecule has 0 unspecified atom stereocenters. The summed E-state index contributed by atoms with van der Waals surface area (Å²) in [6, 6.07) is 14.7. The van der Waals surface area contributed by atoms with Crippen molar-refractivity contribution < 1.29 is 13.9 Å². The van der Waals surface area contributed by atoms with Crippen molar-refractivity contribution in [1.29, 1.82) is 0 Å². The molecule has 0 aromatic heterocycles. The molecule has 0 saturated carbocycles. The van der Waals surface area contributed by atoms with Gasteiger partial charge in [-0.2, -0.15) is 0 Å². The van der Waals surface area contributed by atoms with E-state index in [2.05, 4.69) is 6.92 Å². The Morgan fingerprint density at radius 1 is 0.875 bits per heavy atom. The minimum Gasteiger partial charge on any atom is -0.405 e. The van der Waals surface area contributed by atoms with E-state index in [4.69, 9.17) is 4.52 Å². The van der Waals surface area contributed by atoms with Gasteiger partial charge >= 0.3 is 13.3 Å². The number of carbonyl (C=O) groups is 1. The molecule has 0 heterocycles. The van der Waals surface area contributed by atoms with Crippen molar-refractivity contribution in [2.24, 2.45) is 0 Å². The van der Waals surface area contributed by atoms with E-state index in [0.29, 0.717) is 17.0 Å². The van der Waals surface area contributed by atoms with Crippen molar-refractivity contribution in [3.05, 3.63) is 59.7 Å². The Hall–Kier alpha value is -1.86. The summed E-state index contributed by atoms with van der Waals surface area (Å²) in [7, 11) is -3.42. The lowest BCUT2D eigenvalue weighted by atomic mass is 10.2. The maximum Gasteiger partial charge on any atom is 0.311 e. The fourth-order valence-electron chi connectivity index (χ4n) is 2.44. The molecule has 0 spiro atoms. The number of hydrogen-bond donors (Lipinski definition) is 0. The molecular weight excluding hydrogens is 319 g/mol. The normalized spacial score (nSPS) is 11.3. The number of unbranched alkanes of at least 4 members (excludes halogenated alkanes) is 2.